The Kier molecular flexibility index (Phi) is 8.22. The van der Waals surface area contributed by atoms with Gasteiger partial charge in [0.05, 0.1) is 32.9 Å². The molecule has 1 atom stereocenters. The number of anilines is 1. The zero-order chi connectivity index (χ0) is 29.1. The van der Waals surface area contributed by atoms with Gasteiger partial charge in [-0.15, -0.1) is 10.2 Å². The molecule has 0 saturated carbocycles. The van der Waals surface area contributed by atoms with Crippen molar-refractivity contribution in [2.24, 2.45) is 0 Å². The van der Waals surface area contributed by atoms with Crippen LogP contribution in [0.3, 0.4) is 0 Å². The largest absolute Gasteiger partial charge is 0.507 e. The van der Waals surface area contributed by atoms with Gasteiger partial charge in [-0.2, -0.15) is 0 Å². The fraction of sp³-hybridized carbons (Fsp3) is 0.207. The summed E-state index contributed by atoms with van der Waals surface area (Å²) in [5.74, 6) is -0.397. The third kappa shape index (κ3) is 5.48. The summed E-state index contributed by atoms with van der Waals surface area (Å²) in [6.07, 6.45) is 2.98. The smallest absolute Gasteiger partial charge is 0.301 e. The molecule has 3 heterocycles. The van der Waals surface area contributed by atoms with Crippen molar-refractivity contribution in [2.75, 3.05) is 26.2 Å². The molecule has 1 aliphatic heterocycles. The number of pyridine rings is 1. The summed E-state index contributed by atoms with van der Waals surface area (Å²) in [5.41, 5.74) is 2.96. The van der Waals surface area contributed by atoms with E-state index in [2.05, 4.69) is 15.2 Å². The number of aromatic nitrogens is 3. The molecule has 41 heavy (non-hydrogen) atoms. The monoisotopic (exact) mass is 590 g/mol. The van der Waals surface area contributed by atoms with Crippen molar-refractivity contribution in [2.45, 2.75) is 23.1 Å². The van der Waals surface area contributed by atoms with Crippen molar-refractivity contribution in [3.8, 4) is 17.2 Å². The van der Waals surface area contributed by atoms with E-state index in [-0.39, 0.29) is 16.5 Å². The van der Waals surface area contributed by atoms with Crippen molar-refractivity contribution in [1.82, 2.24) is 15.2 Å². The van der Waals surface area contributed by atoms with Gasteiger partial charge in [0.15, 0.2) is 15.8 Å². The van der Waals surface area contributed by atoms with Crippen molar-refractivity contribution in [3.05, 3.63) is 88.8 Å². The summed E-state index contributed by atoms with van der Waals surface area (Å²) in [7, 11) is 4.42. The number of methoxy groups -OCH3 is 3. The number of rotatable bonds is 9. The van der Waals surface area contributed by atoms with Gasteiger partial charge in [0.1, 0.15) is 5.76 Å². The normalized spacial score (nSPS) is 16.2. The Morgan fingerprint density at radius 1 is 0.976 bits per heavy atom. The first-order chi connectivity index (χ1) is 19.9. The SMILES string of the molecule is COc1cc(C2/C(=C(\O)c3ccncc3)C(=O)C(=O)N2c2nnc(SCc3ccc(C)cc3)s2)cc(OC)c1OC. The van der Waals surface area contributed by atoms with Crippen molar-refractivity contribution in [3.63, 3.8) is 0 Å². The maximum Gasteiger partial charge on any atom is 0.301 e. The minimum absolute atomic E-state index is 0.112. The average molecular weight is 591 g/mol. The maximum absolute atomic E-state index is 13.6. The van der Waals surface area contributed by atoms with Crippen LogP contribution in [-0.2, 0) is 15.3 Å². The number of ketones is 1. The lowest BCUT2D eigenvalue weighted by Crippen LogP contribution is -2.29. The number of carbonyl (C=O) groups is 2. The molecule has 2 aromatic heterocycles. The second-order valence-electron chi connectivity index (χ2n) is 8.99. The lowest BCUT2D eigenvalue weighted by Gasteiger charge is -2.24. The van der Waals surface area contributed by atoms with Crippen molar-refractivity contribution < 1.29 is 28.9 Å². The molecular weight excluding hydrogens is 564 g/mol. The molecule has 1 N–H and O–H groups in total. The Labute approximate surface area is 244 Å². The van der Waals surface area contributed by atoms with Crippen LogP contribution < -0.4 is 19.1 Å². The highest BCUT2D eigenvalue weighted by Gasteiger charge is 2.49. The van der Waals surface area contributed by atoms with Crippen LogP contribution in [0.2, 0.25) is 0 Å². The molecule has 5 rings (SSSR count). The number of aliphatic hydroxyl groups excluding tert-OH is 1. The highest BCUT2D eigenvalue weighted by molar-refractivity contribution is 8.00. The second-order valence-corrected chi connectivity index (χ2v) is 11.2. The first-order valence-corrected chi connectivity index (χ1v) is 14.2. The van der Waals surface area contributed by atoms with Crippen LogP contribution in [0.1, 0.15) is 28.3 Å². The van der Waals surface area contributed by atoms with E-state index in [1.165, 1.54) is 67.3 Å². The highest BCUT2D eigenvalue weighted by atomic mass is 32.2. The molecule has 0 aliphatic carbocycles. The Hall–Kier alpha value is -4.42. The standard InChI is InChI=1S/C29H26N4O6S2/c1-16-5-7-17(8-6-16)15-40-29-32-31-28(41-29)33-23(19-13-20(37-2)26(39-4)21(14-19)38-3)22(25(35)27(33)36)24(34)18-9-11-30-12-10-18/h5-14,23,34H,15H2,1-4H3/b24-22+. The first kappa shape index (κ1) is 28.1. The van der Waals surface area contributed by atoms with E-state index in [1.807, 2.05) is 31.2 Å². The van der Waals surface area contributed by atoms with Crippen molar-refractivity contribution >= 4 is 45.7 Å². The molecular formula is C29H26N4O6S2. The Bertz CT molecular complexity index is 1600. The number of amides is 1. The number of ether oxygens (including phenoxy) is 3. The number of Topliss-reactive ketones (excluding diaryl/α,β-unsaturated/α-hetero) is 1. The van der Waals surface area contributed by atoms with E-state index in [1.54, 1.807) is 24.3 Å². The Balaban J connectivity index is 1.61. The summed E-state index contributed by atoms with van der Waals surface area (Å²) in [4.78, 5) is 32.3. The average Bonchev–Trinajstić information content (AvgIpc) is 3.57. The number of aliphatic hydroxyl groups is 1. The first-order valence-electron chi connectivity index (χ1n) is 12.4. The van der Waals surface area contributed by atoms with Crippen LogP contribution in [0.15, 0.2) is 70.8 Å². The second kappa shape index (κ2) is 12.0. The van der Waals surface area contributed by atoms with Crippen LogP contribution in [0.5, 0.6) is 17.2 Å². The van der Waals surface area contributed by atoms with E-state index < -0.39 is 17.7 Å². The van der Waals surface area contributed by atoms with Gasteiger partial charge in [-0.1, -0.05) is 52.9 Å². The van der Waals surface area contributed by atoms with Crippen LogP contribution in [-0.4, -0.2) is 53.3 Å². The number of aryl methyl sites for hydroxylation is 1. The molecule has 1 fully saturated rings. The number of benzene rings is 2. The van der Waals surface area contributed by atoms with Gasteiger partial charge in [0.25, 0.3) is 5.78 Å². The number of hydrogen-bond donors (Lipinski definition) is 1. The lowest BCUT2D eigenvalue weighted by atomic mass is 9.95. The Morgan fingerprint density at radius 3 is 2.24 bits per heavy atom. The Morgan fingerprint density at radius 2 is 1.63 bits per heavy atom. The molecule has 210 valence electrons. The molecule has 10 nitrogen and oxygen atoms in total. The molecule has 12 heteroatoms. The third-order valence-corrected chi connectivity index (χ3v) is 8.61. The fourth-order valence-electron chi connectivity index (χ4n) is 4.46. The molecule has 2 aromatic carbocycles. The number of thioether (sulfide) groups is 1. The summed E-state index contributed by atoms with van der Waals surface area (Å²) in [6, 6.07) is 13.5. The van der Waals surface area contributed by atoms with Gasteiger partial charge >= 0.3 is 5.91 Å². The quantitative estimate of drug-likeness (QED) is 0.0916. The lowest BCUT2D eigenvalue weighted by molar-refractivity contribution is -0.132. The predicted molar refractivity (Wildman–Crippen MR) is 156 cm³/mol. The zero-order valence-electron chi connectivity index (χ0n) is 22.7. The summed E-state index contributed by atoms with van der Waals surface area (Å²) in [5, 5.41) is 20.1. The van der Waals surface area contributed by atoms with E-state index >= 15 is 0 Å². The van der Waals surface area contributed by atoms with Gasteiger partial charge in [0, 0.05) is 23.7 Å². The number of carbonyl (C=O) groups excluding carboxylic acids is 2. The van der Waals surface area contributed by atoms with E-state index in [4.69, 9.17) is 14.2 Å². The van der Waals surface area contributed by atoms with Crippen LogP contribution in [0.25, 0.3) is 5.76 Å². The number of hydrogen-bond acceptors (Lipinski definition) is 11. The molecule has 1 saturated heterocycles. The van der Waals surface area contributed by atoms with Gasteiger partial charge in [-0.05, 0) is 42.3 Å². The molecule has 0 spiro atoms. The summed E-state index contributed by atoms with van der Waals surface area (Å²) < 4.78 is 17.1. The molecule has 1 aliphatic rings. The molecule has 1 amide bonds. The topological polar surface area (TPSA) is 124 Å². The highest BCUT2D eigenvalue weighted by Crippen LogP contribution is 2.48. The van der Waals surface area contributed by atoms with Gasteiger partial charge in [-0.25, -0.2) is 0 Å². The molecule has 4 aromatic rings. The van der Waals surface area contributed by atoms with E-state index in [9.17, 15) is 14.7 Å². The third-order valence-electron chi connectivity index (χ3n) is 6.49. The number of nitrogens with zero attached hydrogens (tertiary/aromatic N) is 4. The van der Waals surface area contributed by atoms with Crippen LogP contribution in [0, 0.1) is 6.92 Å². The maximum atomic E-state index is 13.6. The minimum atomic E-state index is -1.06. The van der Waals surface area contributed by atoms with Gasteiger partial charge < -0.3 is 19.3 Å². The van der Waals surface area contributed by atoms with Crippen molar-refractivity contribution in [1.29, 1.82) is 0 Å². The van der Waals surface area contributed by atoms with E-state index in [0.29, 0.717) is 38.5 Å². The van der Waals surface area contributed by atoms with Gasteiger partial charge in [0.2, 0.25) is 10.9 Å². The zero-order valence-corrected chi connectivity index (χ0v) is 24.3. The fourth-order valence-corrected chi connectivity index (χ4v) is 6.28. The molecule has 0 radical (unpaired) electrons. The van der Waals surface area contributed by atoms with Crippen LogP contribution in [0.4, 0.5) is 5.13 Å². The van der Waals surface area contributed by atoms with Gasteiger partial charge in [-0.3, -0.25) is 19.5 Å². The summed E-state index contributed by atoms with van der Waals surface area (Å²) >= 11 is 2.66. The van der Waals surface area contributed by atoms with Crippen LogP contribution >= 0.6 is 23.1 Å². The molecule has 0 bridgehead atoms. The predicted octanol–water partition coefficient (Wildman–Crippen LogP) is 5.19. The van der Waals surface area contributed by atoms with E-state index in [0.717, 1.165) is 5.56 Å². The summed E-state index contributed by atoms with van der Waals surface area (Å²) in [6.45, 7) is 2.03. The minimum Gasteiger partial charge on any atom is -0.507 e. The molecule has 1 unspecified atom stereocenters.